The molecule has 3 saturated carbocycles. The van der Waals surface area contributed by atoms with Gasteiger partial charge in [0, 0.05) is 12.0 Å². The van der Waals surface area contributed by atoms with E-state index in [0.717, 1.165) is 76.3 Å². The average molecular weight is 580 g/mol. The van der Waals surface area contributed by atoms with Crippen LogP contribution < -0.4 is 5.32 Å². The standard InChI is InChI=1S/C36H57N3O3/c1-6-8-9-26-16-32(42-31(26)21-39-14-12-25(13-15-39)20-38-7-2)35-19-28-24(5)10-11-29(28)34(22-37)18-27(35)17-30(23(3)4)36(34,35)33(40)41/h17,23-29,31-32,38H,6-16,18-21H2,1-5H3,(H,40,41)/t24-,26?,27?,28-,29-,31?,32?,34?,35?,36?/m1/s1. The quantitative estimate of drug-likeness (QED) is 0.271. The SMILES string of the molecule is CCCCC1CC(C23C[C@@H]4[C@H](C)CC[C@H]4C4(C#N)CC2C=C(C(C)C)C34C(=O)O)OC1CN1CCC(CNCC)CC1. The molecule has 0 amide bonds. The number of carboxylic acid groups (broad SMARTS) is 1. The second-order valence-electron chi connectivity index (χ2n) is 15.6. The van der Waals surface area contributed by atoms with Crippen LogP contribution in [0.5, 0.6) is 0 Å². The van der Waals surface area contributed by atoms with Crippen molar-refractivity contribution >= 4 is 5.97 Å². The first-order valence-electron chi connectivity index (χ1n) is 17.6. The number of ether oxygens (including phenoxy) is 1. The van der Waals surface area contributed by atoms with E-state index in [9.17, 15) is 15.2 Å². The number of unbranched alkanes of at least 4 members (excludes halogenated alkanes) is 1. The summed E-state index contributed by atoms with van der Waals surface area (Å²) in [4.78, 5) is 16.6. The molecule has 234 valence electrons. The topological polar surface area (TPSA) is 85.6 Å². The van der Waals surface area contributed by atoms with Gasteiger partial charge in [0.15, 0.2) is 0 Å². The number of fused-ring (bicyclic) bond motifs is 2. The van der Waals surface area contributed by atoms with Crippen LogP contribution >= 0.6 is 0 Å². The molecule has 4 aliphatic carbocycles. The van der Waals surface area contributed by atoms with Gasteiger partial charge in [-0.3, -0.25) is 4.79 Å². The molecule has 7 unspecified atom stereocenters. The highest BCUT2D eigenvalue weighted by molar-refractivity contribution is 5.86. The first-order chi connectivity index (χ1) is 20.2. The van der Waals surface area contributed by atoms with Crippen molar-refractivity contribution in [1.29, 1.82) is 5.26 Å². The third-order valence-corrected chi connectivity index (χ3v) is 13.6. The molecule has 6 nitrogen and oxygen atoms in total. The van der Waals surface area contributed by atoms with Crippen molar-refractivity contribution in [2.24, 2.45) is 57.7 Å². The third-order valence-electron chi connectivity index (χ3n) is 13.6. The van der Waals surface area contributed by atoms with Gasteiger partial charge in [-0.1, -0.05) is 65.5 Å². The minimum absolute atomic E-state index is 0.0896. The first-order valence-corrected chi connectivity index (χ1v) is 17.6. The molecule has 2 saturated heterocycles. The van der Waals surface area contributed by atoms with Crippen LogP contribution in [0.3, 0.4) is 0 Å². The molecule has 0 aromatic heterocycles. The third kappa shape index (κ3) is 4.15. The van der Waals surface area contributed by atoms with E-state index in [0.29, 0.717) is 24.2 Å². The Morgan fingerprint density at radius 1 is 1.21 bits per heavy atom. The molecule has 2 aliphatic heterocycles. The van der Waals surface area contributed by atoms with Crippen molar-refractivity contribution < 1.29 is 14.6 Å². The van der Waals surface area contributed by atoms with Crippen molar-refractivity contribution in [3.63, 3.8) is 0 Å². The maximum atomic E-state index is 14.0. The molecular weight excluding hydrogens is 522 g/mol. The summed E-state index contributed by atoms with van der Waals surface area (Å²) in [6.45, 7) is 16.5. The largest absolute Gasteiger partial charge is 0.481 e. The molecule has 10 atom stereocenters. The van der Waals surface area contributed by atoms with Crippen LogP contribution in [-0.4, -0.2) is 60.9 Å². The van der Waals surface area contributed by atoms with Crippen LogP contribution in [0.1, 0.15) is 98.8 Å². The monoisotopic (exact) mass is 579 g/mol. The number of piperidine rings is 1. The molecule has 0 aromatic rings. The molecule has 2 N–H and O–H groups in total. The van der Waals surface area contributed by atoms with Gasteiger partial charge in [0.05, 0.1) is 23.7 Å². The number of likely N-dealkylation sites (tertiary alicyclic amines) is 1. The zero-order valence-corrected chi connectivity index (χ0v) is 27.0. The second-order valence-corrected chi connectivity index (χ2v) is 15.6. The predicted octanol–water partition coefficient (Wildman–Crippen LogP) is 6.52. The van der Waals surface area contributed by atoms with E-state index in [2.05, 4.69) is 57.0 Å². The molecule has 6 aliphatic rings. The predicted molar refractivity (Wildman–Crippen MR) is 166 cm³/mol. The highest BCUT2D eigenvalue weighted by Crippen LogP contribution is 2.84. The lowest BCUT2D eigenvalue weighted by molar-refractivity contribution is -0.191. The first kappa shape index (κ1) is 30.6. The van der Waals surface area contributed by atoms with E-state index in [1.54, 1.807) is 0 Å². The lowest BCUT2D eigenvalue weighted by atomic mass is 9.41. The summed E-state index contributed by atoms with van der Waals surface area (Å²) in [5.41, 5.74) is -1.41. The fourth-order valence-corrected chi connectivity index (χ4v) is 11.8. The molecule has 6 rings (SSSR count). The molecule has 0 radical (unpaired) electrons. The summed E-state index contributed by atoms with van der Waals surface area (Å²) in [5.74, 6) is 1.90. The molecule has 5 fully saturated rings. The molecule has 42 heavy (non-hydrogen) atoms. The van der Waals surface area contributed by atoms with Gasteiger partial charge in [-0.05, 0) is 113 Å². The fourth-order valence-electron chi connectivity index (χ4n) is 11.8. The van der Waals surface area contributed by atoms with Gasteiger partial charge in [-0.25, -0.2) is 0 Å². The summed E-state index contributed by atoms with van der Waals surface area (Å²) in [6.07, 6.45) is 13.1. The number of nitriles is 1. The minimum Gasteiger partial charge on any atom is -0.481 e. The zero-order chi connectivity index (χ0) is 29.9. The van der Waals surface area contributed by atoms with Crippen molar-refractivity contribution in [2.75, 3.05) is 32.7 Å². The minimum atomic E-state index is -1.13. The lowest BCUT2D eigenvalue weighted by Crippen LogP contribution is -2.64. The zero-order valence-electron chi connectivity index (χ0n) is 27.0. The number of allylic oxidation sites excluding steroid dienone is 1. The van der Waals surface area contributed by atoms with Crippen molar-refractivity contribution in [3.05, 3.63) is 11.6 Å². The van der Waals surface area contributed by atoms with E-state index >= 15 is 0 Å². The number of hydrogen-bond acceptors (Lipinski definition) is 5. The Morgan fingerprint density at radius 3 is 2.62 bits per heavy atom. The van der Waals surface area contributed by atoms with Crippen LogP contribution in [0.15, 0.2) is 11.6 Å². The van der Waals surface area contributed by atoms with Gasteiger partial charge in [0.25, 0.3) is 0 Å². The summed E-state index contributed by atoms with van der Waals surface area (Å²) in [6, 6.07) is 2.84. The van der Waals surface area contributed by atoms with E-state index in [-0.39, 0.29) is 30.0 Å². The summed E-state index contributed by atoms with van der Waals surface area (Å²) < 4.78 is 7.32. The van der Waals surface area contributed by atoms with Gasteiger partial charge in [-0.15, -0.1) is 0 Å². The lowest BCUT2D eigenvalue weighted by Gasteiger charge is -2.59. The van der Waals surface area contributed by atoms with Gasteiger partial charge in [0.1, 0.15) is 5.41 Å². The van der Waals surface area contributed by atoms with E-state index in [1.165, 1.54) is 25.7 Å². The fraction of sp³-hybridized carbons (Fsp3) is 0.889. The molecule has 0 aromatic carbocycles. The Morgan fingerprint density at radius 2 is 1.98 bits per heavy atom. The van der Waals surface area contributed by atoms with Crippen LogP contribution in [0, 0.1) is 69.0 Å². The van der Waals surface area contributed by atoms with Gasteiger partial charge < -0.3 is 20.1 Å². The molecule has 4 bridgehead atoms. The van der Waals surface area contributed by atoms with Crippen molar-refractivity contribution in [1.82, 2.24) is 10.2 Å². The Kier molecular flexibility index (Phi) is 8.38. The maximum absolute atomic E-state index is 14.0. The Balaban J connectivity index is 1.34. The molecule has 2 heterocycles. The number of aliphatic carboxylic acids is 1. The Bertz CT molecular complexity index is 1090. The summed E-state index contributed by atoms with van der Waals surface area (Å²) in [7, 11) is 0. The Hall–Kier alpha value is -1.42. The Labute approximate surface area is 255 Å². The van der Waals surface area contributed by atoms with Gasteiger partial charge in [0.2, 0.25) is 0 Å². The number of hydrogen-bond donors (Lipinski definition) is 2. The smallest absolute Gasteiger partial charge is 0.316 e. The normalized spacial score (nSPS) is 44.9. The maximum Gasteiger partial charge on any atom is 0.316 e. The summed E-state index contributed by atoms with van der Waals surface area (Å²) in [5, 5.41) is 26.1. The molecule has 6 heteroatoms. The molecule has 0 spiro atoms. The number of carboxylic acids is 1. The molecular formula is C36H57N3O3. The van der Waals surface area contributed by atoms with E-state index in [4.69, 9.17) is 4.74 Å². The number of nitrogens with one attached hydrogen (secondary N) is 1. The number of carbonyl (C=O) groups is 1. The van der Waals surface area contributed by atoms with Gasteiger partial charge >= 0.3 is 5.97 Å². The highest BCUT2D eigenvalue weighted by atomic mass is 16.5. The van der Waals surface area contributed by atoms with Crippen LogP contribution in [0.25, 0.3) is 0 Å². The second kappa shape index (κ2) is 11.5. The number of rotatable bonds is 11. The highest BCUT2D eigenvalue weighted by Gasteiger charge is 2.86. The summed E-state index contributed by atoms with van der Waals surface area (Å²) >= 11 is 0. The number of nitrogens with zero attached hydrogens (tertiary/aromatic N) is 2. The van der Waals surface area contributed by atoms with E-state index in [1.807, 2.05) is 0 Å². The van der Waals surface area contributed by atoms with Crippen LogP contribution in [-0.2, 0) is 9.53 Å². The van der Waals surface area contributed by atoms with Crippen molar-refractivity contribution in [2.45, 2.75) is 111 Å². The average Bonchev–Trinajstić information content (AvgIpc) is 3.68. The van der Waals surface area contributed by atoms with Crippen LogP contribution in [0.2, 0.25) is 0 Å². The van der Waals surface area contributed by atoms with Crippen LogP contribution in [0.4, 0.5) is 0 Å². The van der Waals surface area contributed by atoms with Gasteiger partial charge in [-0.2, -0.15) is 5.26 Å². The van der Waals surface area contributed by atoms with E-state index < -0.39 is 22.2 Å². The van der Waals surface area contributed by atoms with Crippen molar-refractivity contribution in [3.8, 4) is 6.07 Å².